The first-order valence-electron chi connectivity index (χ1n) is 7.67. The first-order chi connectivity index (χ1) is 10.8. The molecule has 0 aliphatic rings. The SMILES string of the molecule is CCCCCN(CC(=O)Nc1cc(C)ccc1OC)S(C)(=O)=O. The Morgan fingerprint density at radius 3 is 2.57 bits per heavy atom. The average Bonchev–Trinajstić information content (AvgIpc) is 2.45. The molecule has 7 heteroatoms. The largest absolute Gasteiger partial charge is 0.495 e. The molecule has 1 amide bonds. The van der Waals surface area contributed by atoms with E-state index in [9.17, 15) is 13.2 Å². The number of methoxy groups -OCH3 is 1. The van der Waals surface area contributed by atoms with Crippen LogP contribution in [0, 0.1) is 6.92 Å². The van der Waals surface area contributed by atoms with Crippen LogP contribution in [0.3, 0.4) is 0 Å². The van der Waals surface area contributed by atoms with Crippen molar-refractivity contribution in [3.63, 3.8) is 0 Å². The number of unbranched alkanes of at least 4 members (excludes halogenated alkanes) is 2. The Morgan fingerprint density at radius 2 is 2.00 bits per heavy atom. The van der Waals surface area contributed by atoms with E-state index in [1.54, 1.807) is 12.1 Å². The van der Waals surface area contributed by atoms with Gasteiger partial charge in [-0.3, -0.25) is 4.79 Å². The fourth-order valence-electron chi connectivity index (χ4n) is 2.17. The molecule has 0 fully saturated rings. The summed E-state index contributed by atoms with van der Waals surface area (Å²) in [6.45, 7) is 4.11. The number of anilines is 1. The smallest absolute Gasteiger partial charge is 0.239 e. The topological polar surface area (TPSA) is 75.7 Å². The van der Waals surface area contributed by atoms with Gasteiger partial charge in [0.05, 0.1) is 25.6 Å². The number of aryl methyl sites for hydroxylation is 1. The summed E-state index contributed by atoms with van der Waals surface area (Å²) in [6, 6.07) is 5.43. The normalized spacial score (nSPS) is 11.5. The summed E-state index contributed by atoms with van der Waals surface area (Å²) in [7, 11) is -1.89. The predicted molar refractivity (Wildman–Crippen MR) is 92.3 cm³/mol. The number of nitrogens with one attached hydrogen (secondary N) is 1. The monoisotopic (exact) mass is 342 g/mol. The van der Waals surface area contributed by atoms with E-state index in [0.29, 0.717) is 18.0 Å². The molecule has 0 unspecified atom stereocenters. The van der Waals surface area contributed by atoms with Crippen molar-refractivity contribution in [3.8, 4) is 5.75 Å². The predicted octanol–water partition coefficient (Wildman–Crippen LogP) is 2.39. The summed E-state index contributed by atoms with van der Waals surface area (Å²) in [6.07, 6.45) is 3.79. The fraction of sp³-hybridized carbons (Fsp3) is 0.562. The summed E-state index contributed by atoms with van der Waals surface area (Å²) in [5.41, 5.74) is 1.52. The van der Waals surface area contributed by atoms with Crippen LogP contribution in [0.1, 0.15) is 31.7 Å². The number of sulfonamides is 1. The van der Waals surface area contributed by atoms with Gasteiger partial charge in [-0.1, -0.05) is 25.8 Å². The quantitative estimate of drug-likeness (QED) is 0.699. The average molecular weight is 342 g/mol. The molecule has 0 bridgehead atoms. The van der Waals surface area contributed by atoms with Crippen molar-refractivity contribution in [3.05, 3.63) is 23.8 Å². The molecule has 0 saturated heterocycles. The molecule has 1 N–H and O–H groups in total. The highest BCUT2D eigenvalue weighted by Crippen LogP contribution is 2.25. The van der Waals surface area contributed by atoms with Crippen molar-refractivity contribution < 1.29 is 17.9 Å². The number of hydrogen-bond donors (Lipinski definition) is 1. The van der Waals surface area contributed by atoms with Crippen LogP contribution in [0.25, 0.3) is 0 Å². The molecule has 0 heterocycles. The Balaban J connectivity index is 2.78. The summed E-state index contributed by atoms with van der Waals surface area (Å²) >= 11 is 0. The number of benzene rings is 1. The summed E-state index contributed by atoms with van der Waals surface area (Å²) in [5, 5.41) is 2.73. The lowest BCUT2D eigenvalue weighted by Gasteiger charge is -2.20. The molecule has 0 aliphatic heterocycles. The second kappa shape index (κ2) is 8.88. The van der Waals surface area contributed by atoms with Gasteiger partial charge in [-0.2, -0.15) is 4.31 Å². The van der Waals surface area contributed by atoms with Crippen molar-refractivity contribution >= 4 is 21.6 Å². The van der Waals surface area contributed by atoms with Crippen LogP contribution in [0.5, 0.6) is 5.75 Å². The fourth-order valence-corrected chi connectivity index (χ4v) is 2.98. The Morgan fingerprint density at radius 1 is 1.30 bits per heavy atom. The lowest BCUT2D eigenvalue weighted by atomic mass is 10.2. The lowest BCUT2D eigenvalue weighted by molar-refractivity contribution is -0.116. The lowest BCUT2D eigenvalue weighted by Crippen LogP contribution is -2.38. The van der Waals surface area contributed by atoms with Crippen molar-refractivity contribution in [1.29, 1.82) is 0 Å². The van der Waals surface area contributed by atoms with Crippen molar-refractivity contribution in [2.45, 2.75) is 33.1 Å². The van der Waals surface area contributed by atoms with E-state index < -0.39 is 10.0 Å². The van der Waals surface area contributed by atoms with Crippen LogP contribution in [-0.4, -0.2) is 45.1 Å². The molecule has 23 heavy (non-hydrogen) atoms. The highest BCUT2D eigenvalue weighted by atomic mass is 32.2. The second-order valence-electron chi connectivity index (χ2n) is 5.56. The van der Waals surface area contributed by atoms with Crippen LogP contribution < -0.4 is 10.1 Å². The highest BCUT2D eigenvalue weighted by Gasteiger charge is 2.20. The maximum atomic E-state index is 12.2. The minimum atomic E-state index is -3.42. The van der Waals surface area contributed by atoms with Crippen molar-refractivity contribution in [2.75, 3.05) is 31.8 Å². The van der Waals surface area contributed by atoms with Gasteiger partial charge in [-0.05, 0) is 31.0 Å². The van der Waals surface area contributed by atoms with Crippen LogP contribution in [0.2, 0.25) is 0 Å². The molecule has 1 aromatic rings. The summed E-state index contributed by atoms with van der Waals surface area (Å²) in [5.74, 6) is 0.164. The van der Waals surface area contributed by atoms with Gasteiger partial charge in [0.2, 0.25) is 15.9 Å². The zero-order chi connectivity index (χ0) is 17.5. The maximum Gasteiger partial charge on any atom is 0.239 e. The minimum absolute atomic E-state index is 0.195. The van der Waals surface area contributed by atoms with E-state index in [1.165, 1.54) is 11.4 Å². The first kappa shape index (κ1) is 19.4. The number of nitrogens with zero attached hydrogens (tertiary/aromatic N) is 1. The molecule has 6 nitrogen and oxygen atoms in total. The first-order valence-corrected chi connectivity index (χ1v) is 9.52. The van der Waals surface area contributed by atoms with Crippen molar-refractivity contribution in [2.24, 2.45) is 0 Å². The van der Waals surface area contributed by atoms with E-state index in [-0.39, 0.29) is 12.5 Å². The van der Waals surface area contributed by atoms with Crippen LogP contribution in [-0.2, 0) is 14.8 Å². The van der Waals surface area contributed by atoms with Gasteiger partial charge in [0.15, 0.2) is 0 Å². The van der Waals surface area contributed by atoms with Gasteiger partial charge in [0.1, 0.15) is 5.75 Å². The van der Waals surface area contributed by atoms with Gasteiger partial charge in [-0.25, -0.2) is 8.42 Å². The van der Waals surface area contributed by atoms with Crippen LogP contribution in [0.15, 0.2) is 18.2 Å². The number of rotatable bonds is 9. The summed E-state index contributed by atoms with van der Waals surface area (Å²) < 4.78 is 30.0. The van der Waals surface area contributed by atoms with Gasteiger partial charge in [0, 0.05) is 6.54 Å². The standard InChI is InChI=1S/C16H26N2O4S/c1-5-6-7-10-18(23(4,20)21)12-16(19)17-14-11-13(2)8-9-15(14)22-3/h8-9,11H,5-7,10,12H2,1-4H3,(H,17,19). The molecular formula is C16H26N2O4S. The number of hydrogen-bond acceptors (Lipinski definition) is 4. The zero-order valence-corrected chi connectivity index (χ0v) is 15.1. The molecule has 1 rings (SSSR count). The number of carbonyl (C=O) groups is 1. The third-order valence-corrected chi connectivity index (χ3v) is 4.68. The Bertz CT molecular complexity index is 629. The molecule has 0 aromatic heterocycles. The molecular weight excluding hydrogens is 316 g/mol. The zero-order valence-electron chi connectivity index (χ0n) is 14.3. The number of ether oxygens (including phenoxy) is 1. The van der Waals surface area contributed by atoms with E-state index in [1.807, 2.05) is 19.9 Å². The molecule has 0 radical (unpaired) electrons. The van der Waals surface area contributed by atoms with E-state index in [0.717, 1.165) is 31.1 Å². The Labute approximate surface area is 138 Å². The van der Waals surface area contributed by atoms with Gasteiger partial charge in [0.25, 0.3) is 0 Å². The third kappa shape index (κ3) is 6.58. The maximum absolute atomic E-state index is 12.2. The van der Waals surface area contributed by atoms with E-state index in [4.69, 9.17) is 4.74 Å². The van der Waals surface area contributed by atoms with Crippen LogP contribution in [0.4, 0.5) is 5.69 Å². The van der Waals surface area contributed by atoms with Gasteiger partial charge < -0.3 is 10.1 Å². The minimum Gasteiger partial charge on any atom is -0.495 e. The molecule has 130 valence electrons. The molecule has 0 aliphatic carbocycles. The van der Waals surface area contributed by atoms with Crippen molar-refractivity contribution in [1.82, 2.24) is 4.31 Å². The van der Waals surface area contributed by atoms with E-state index in [2.05, 4.69) is 5.32 Å². The Hall–Kier alpha value is -1.60. The second-order valence-corrected chi connectivity index (χ2v) is 7.54. The molecule has 0 atom stereocenters. The van der Waals surface area contributed by atoms with Gasteiger partial charge in [-0.15, -0.1) is 0 Å². The van der Waals surface area contributed by atoms with E-state index >= 15 is 0 Å². The molecule has 0 saturated carbocycles. The number of amides is 1. The highest BCUT2D eigenvalue weighted by molar-refractivity contribution is 7.88. The molecule has 0 spiro atoms. The molecule has 1 aromatic carbocycles. The number of carbonyl (C=O) groups excluding carboxylic acids is 1. The third-order valence-electron chi connectivity index (χ3n) is 3.43. The summed E-state index contributed by atoms with van der Waals surface area (Å²) in [4.78, 5) is 12.2. The Kier molecular flexibility index (Phi) is 7.51. The van der Waals surface area contributed by atoms with Crippen LogP contribution >= 0.6 is 0 Å². The van der Waals surface area contributed by atoms with Gasteiger partial charge >= 0.3 is 0 Å².